The lowest BCUT2D eigenvalue weighted by atomic mass is 10.1. The largest absolute Gasteiger partial charge is 0.496 e. The van der Waals surface area contributed by atoms with Gasteiger partial charge in [0, 0.05) is 30.5 Å². The molecule has 2 aromatic rings. The van der Waals surface area contributed by atoms with Crippen LogP contribution in [0.3, 0.4) is 0 Å². The van der Waals surface area contributed by atoms with Crippen LogP contribution in [-0.4, -0.2) is 37.4 Å². The number of aromatic amines is 1. The maximum atomic E-state index is 12.2. The zero-order valence-corrected chi connectivity index (χ0v) is 16.0. The van der Waals surface area contributed by atoms with Crippen LogP contribution in [0.5, 0.6) is 5.75 Å². The predicted molar refractivity (Wildman–Crippen MR) is 100 cm³/mol. The van der Waals surface area contributed by atoms with E-state index in [0.717, 1.165) is 5.56 Å². The maximum Gasteiger partial charge on any atom is 0.330 e. The molecule has 0 aliphatic rings. The standard InChI is InChI=1S/C17H23N3O6S/c1-13(14-6-3-4-7-15(14)25-2)19-27(23,24)11-5-10-26-12-20-9-8-16(21)18-17(20)22/h3-4,6-9,13,19H,5,10-12H2,1-2H3,(H,18,21,22)/t13-/m1/s1. The van der Waals surface area contributed by atoms with Crippen LogP contribution >= 0.6 is 0 Å². The van der Waals surface area contributed by atoms with Crippen molar-refractivity contribution in [1.29, 1.82) is 0 Å². The Morgan fingerprint density at radius 1 is 1.22 bits per heavy atom. The van der Waals surface area contributed by atoms with Crippen molar-refractivity contribution in [1.82, 2.24) is 14.3 Å². The van der Waals surface area contributed by atoms with Crippen molar-refractivity contribution in [3.63, 3.8) is 0 Å². The lowest BCUT2D eigenvalue weighted by molar-refractivity contribution is 0.0744. The first-order chi connectivity index (χ1) is 12.8. The number of rotatable bonds is 10. The van der Waals surface area contributed by atoms with Crippen LogP contribution in [0.1, 0.15) is 24.9 Å². The first-order valence-electron chi connectivity index (χ1n) is 8.33. The Labute approximate surface area is 157 Å². The molecule has 2 N–H and O–H groups in total. The second kappa shape index (κ2) is 9.49. The Balaban J connectivity index is 1.80. The Bertz CT molecular complexity index is 967. The smallest absolute Gasteiger partial charge is 0.330 e. The minimum absolute atomic E-state index is 0.0687. The van der Waals surface area contributed by atoms with Crippen LogP contribution in [0.25, 0.3) is 0 Å². The third kappa shape index (κ3) is 6.35. The van der Waals surface area contributed by atoms with Gasteiger partial charge in [-0.05, 0) is 19.4 Å². The molecule has 1 heterocycles. The summed E-state index contributed by atoms with van der Waals surface area (Å²) in [6.45, 7) is 1.82. The number of para-hydroxylation sites is 1. The molecule has 0 aliphatic carbocycles. The lowest BCUT2D eigenvalue weighted by Gasteiger charge is -2.17. The zero-order chi connectivity index (χ0) is 19.9. The average molecular weight is 397 g/mol. The summed E-state index contributed by atoms with van der Waals surface area (Å²) < 4.78 is 38.8. The molecule has 0 radical (unpaired) electrons. The highest BCUT2D eigenvalue weighted by Crippen LogP contribution is 2.24. The van der Waals surface area contributed by atoms with E-state index >= 15 is 0 Å². The van der Waals surface area contributed by atoms with Gasteiger partial charge in [-0.2, -0.15) is 0 Å². The van der Waals surface area contributed by atoms with Gasteiger partial charge in [0.15, 0.2) is 0 Å². The fraction of sp³-hybridized carbons (Fsp3) is 0.412. The Morgan fingerprint density at radius 2 is 1.96 bits per heavy atom. The fourth-order valence-electron chi connectivity index (χ4n) is 2.48. The van der Waals surface area contributed by atoms with Crippen LogP contribution < -0.4 is 20.7 Å². The quantitative estimate of drug-likeness (QED) is 0.566. The number of nitrogens with zero attached hydrogens (tertiary/aromatic N) is 1. The van der Waals surface area contributed by atoms with Gasteiger partial charge in [0.05, 0.1) is 12.9 Å². The van der Waals surface area contributed by atoms with E-state index in [9.17, 15) is 18.0 Å². The van der Waals surface area contributed by atoms with Gasteiger partial charge in [0.1, 0.15) is 12.5 Å². The average Bonchev–Trinajstić information content (AvgIpc) is 2.62. The Morgan fingerprint density at radius 3 is 2.67 bits per heavy atom. The molecule has 9 nitrogen and oxygen atoms in total. The van der Waals surface area contributed by atoms with Gasteiger partial charge in [0.25, 0.3) is 5.56 Å². The summed E-state index contributed by atoms with van der Waals surface area (Å²) >= 11 is 0. The molecular weight excluding hydrogens is 374 g/mol. The van der Waals surface area contributed by atoms with E-state index in [1.165, 1.54) is 23.9 Å². The number of benzene rings is 1. The van der Waals surface area contributed by atoms with Crippen molar-refractivity contribution in [2.75, 3.05) is 19.5 Å². The number of H-pyrrole nitrogens is 1. The molecule has 1 atom stereocenters. The summed E-state index contributed by atoms with van der Waals surface area (Å²) in [6.07, 6.45) is 1.57. The summed E-state index contributed by atoms with van der Waals surface area (Å²) in [5.41, 5.74) is -0.322. The monoisotopic (exact) mass is 397 g/mol. The molecule has 0 saturated carbocycles. The normalized spacial score (nSPS) is 12.7. The molecule has 1 aromatic heterocycles. The van der Waals surface area contributed by atoms with Gasteiger partial charge in [-0.3, -0.25) is 14.3 Å². The molecular formula is C17H23N3O6S. The molecule has 0 unspecified atom stereocenters. The molecule has 1 aromatic carbocycles. The molecule has 0 saturated heterocycles. The summed E-state index contributed by atoms with van der Waals surface area (Å²) in [7, 11) is -1.98. The molecule has 0 spiro atoms. The third-order valence-corrected chi connectivity index (χ3v) is 5.33. The number of ether oxygens (including phenoxy) is 2. The molecule has 0 amide bonds. The summed E-state index contributed by atoms with van der Waals surface area (Å²) in [5, 5.41) is 0. The highest BCUT2D eigenvalue weighted by Gasteiger charge is 2.18. The van der Waals surface area contributed by atoms with E-state index in [4.69, 9.17) is 9.47 Å². The van der Waals surface area contributed by atoms with Crippen LogP contribution in [0.2, 0.25) is 0 Å². The molecule has 0 fully saturated rings. The minimum atomic E-state index is -3.51. The predicted octanol–water partition coefficient (Wildman–Crippen LogP) is 0.590. The van der Waals surface area contributed by atoms with Gasteiger partial charge in [0.2, 0.25) is 10.0 Å². The van der Waals surface area contributed by atoms with Crippen LogP contribution in [0.4, 0.5) is 0 Å². The number of sulfonamides is 1. The number of hydrogen-bond donors (Lipinski definition) is 2. The highest BCUT2D eigenvalue weighted by molar-refractivity contribution is 7.89. The first-order valence-corrected chi connectivity index (χ1v) is 9.98. The lowest BCUT2D eigenvalue weighted by Crippen LogP contribution is -2.30. The van der Waals surface area contributed by atoms with Crippen molar-refractivity contribution < 1.29 is 17.9 Å². The fourth-order valence-corrected chi connectivity index (χ4v) is 3.76. The van der Waals surface area contributed by atoms with E-state index in [1.54, 1.807) is 19.1 Å². The summed E-state index contributed by atoms with van der Waals surface area (Å²) in [6, 6.07) is 7.97. The second-order valence-corrected chi connectivity index (χ2v) is 7.74. The van der Waals surface area contributed by atoms with Crippen molar-refractivity contribution in [3.05, 3.63) is 62.9 Å². The van der Waals surface area contributed by atoms with Crippen LogP contribution in [-0.2, 0) is 21.5 Å². The van der Waals surface area contributed by atoms with Crippen molar-refractivity contribution in [2.45, 2.75) is 26.1 Å². The molecule has 0 aliphatic heterocycles. The number of aromatic nitrogens is 2. The van der Waals surface area contributed by atoms with Crippen molar-refractivity contribution in [3.8, 4) is 5.75 Å². The maximum absolute atomic E-state index is 12.2. The van der Waals surface area contributed by atoms with E-state index in [1.807, 2.05) is 12.1 Å². The number of hydrogen-bond acceptors (Lipinski definition) is 6. The molecule has 0 bridgehead atoms. The van der Waals surface area contributed by atoms with Gasteiger partial charge in [-0.1, -0.05) is 18.2 Å². The minimum Gasteiger partial charge on any atom is -0.496 e. The van der Waals surface area contributed by atoms with E-state index in [0.29, 0.717) is 5.75 Å². The van der Waals surface area contributed by atoms with Crippen LogP contribution in [0, 0.1) is 0 Å². The highest BCUT2D eigenvalue weighted by atomic mass is 32.2. The SMILES string of the molecule is COc1ccccc1[C@@H](C)NS(=O)(=O)CCCOCn1ccc(=O)[nH]c1=O. The summed E-state index contributed by atoms with van der Waals surface area (Å²) in [5.74, 6) is 0.495. The van der Waals surface area contributed by atoms with Gasteiger partial charge in [-0.25, -0.2) is 17.9 Å². The number of methoxy groups -OCH3 is 1. The molecule has 27 heavy (non-hydrogen) atoms. The zero-order valence-electron chi connectivity index (χ0n) is 15.2. The second-order valence-electron chi connectivity index (χ2n) is 5.87. The van der Waals surface area contributed by atoms with Gasteiger partial charge in [-0.15, -0.1) is 0 Å². The van der Waals surface area contributed by atoms with Crippen molar-refractivity contribution >= 4 is 10.0 Å². The Kier molecular flexibility index (Phi) is 7.34. The van der Waals surface area contributed by atoms with E-state index in [-0.39, 0.29) is 25.5 Å². The first kappa shape index (κ1) is 20.9. The van der Waals surface area contributed by atoms with E-state index in [2.05, 4.69) is 9.71 Å². The van der Waals surface area contributed by atoms with Crippen LogP contribution in [0.15, 0.2) is 46.1 Å². The van der Waals surface area contributed by atoms with Gasteiger partial charge >= 0.3 is 5.69 Å². The summed E-state index contributed by atoms with van der Waals surface area (Å²) in [4.78, 5) is 24.6. The number of nitrogens with one attached hydrogen (secondary N) is 2. The Hall–Kier alpha value is -2.43. The van der Waals surface area contributed by atoms with Gasteiger partial charge < -0.3 is 9.47 Å². The molecule has 148 valence electrons. The third-order valence-electron chi connectivity index (χ3n) is 3.79. The molecule has 10 heteroatoms. The molecule has 2 rings (SSSR count). The van der Waals surface area contributed by atoms with E-state index < -0.39 is 27.3 Å². The van der Waals surface area contributed by atoms with Crippen molar-refractivity contribution in [2.24, 2.45) is 0 Å². The topological polar surface area (TPSA) is 119 Å².